The third kappa shape index (κ3) is 16.3. The van der Waals surface area contributed by atoms with Gasteiger partial charge in [0.1, 0.15) is 11.9 Å². The maximum absolute atomic E-state index is 13.8. The van der Waals surface area contributed by atoms with Crippen LogP contribution in [-0.2, 0) is 23.7 Å². The number of aldehydes is 1. The second kappa shape index (κ2) is 23.3. The van der Waals surface area contributed by atoms with Crippen LogP contribution in [0.3, 0.4) is 0 Å². The third-order valence-corrected chi connectivity index (χ3v) is 11.8. The van der Waals surface area contributed by atoms with E-state index in [1.807, 2.05) is 58.9 Å². The molecule has 0 aromatic rings. The van der Waals surface area contributed by atoms with Gasteiger partial charge in [0.2, 0.25) is 0 Å². The van der Waals surface area contributed by atoms with Gasteiger partial charge in [-0.15, -0.1) is 0 Å². The van der Waals surface area contributed by atoms with Gasteiger partial charge in [-0.1, -0.05) is 76.3 Å². The van der Waals surface area contributed by atoms with E-state index in [4.69, 9.17) is 18.9 Å². The zero-order chi connectivity index (χ0) is 40.6. The fourth-order valence-corrected chi connectivity index (χ4v) is 8.25. The Bertz CT molecular complexity index is 1220. The van der Waals surface area contributed by atoms with E-state index in [9.17, 15) is 24.9 Å². The average Bonchev–Trinajstić information content (AvgIpc) is 3.95. The number of piperazine rings is 1. The van der Waals surface area contributed by atoms with Crippen molar-refractivity contribution >= 4 is 12.4 Å². The monoisotopic (exact) mass is 777 g/mol. The van der Waals surface area contributed by atoms with Gasteiger partial charge in [-0.2, -0.15) is 0 Å². The summed E-state index contributed by atoms with van der Waals surface area (Å²) in [5.41, 5.74) is -0.979. The summed E-state index contributed by atoms with van der Waals surface area (Å²) in [4.78, 5) is 29.3. The van der Waals surface area contributed by atoms with Crippen LogP contribution in [0.5, 0.6) is 0 Å². The van der Waals surface area contributed by atoms with Gasteiger partial charge in [0.25, 0.3) is 0 Å². The summed E-state index contributed by atoms with van der Waals surface area (Å²) in [6.07, 6.45) is 17.4. The number of aliphatic hydroxyl groups is 3. The fraction of sp³-hybridized carbons (Fsp3) is 0.818. The summed E-state index contributed by atoms with van der Waals surface area (Å²) in [7, 11) is 0. The Morgan fingerprint density at radius 1 is 1.00 bits per heavy atom. The zero-order valence-electron chi connectivity index (χ0n) is 35.4. The number of nitrogens with zero attached hydrogens (tertiary/aromatic N) is 2. The van der Waals surface area contributed by atoms with Crippen LogP contribution in [0.4, 0.5) is 4.79 Å². The fourth-order valence-electron chi connectivity index (χ4n) is 8.25. The van der Waals surface area contributed by atoms with Crippen LogP contribution in [-0.4, -0.2) is 124 Å². The molecular formula is C44H76N2O9. The summed E-state index contributed by atoms with van der Waals surface area (Å²) < 4.78 is 24.4. The number of epoxide rings is 1. The molecule has 11 heteroatoms. The van der Waals surface area contributed by atoms with Crippen molar-refractivity contribution in [1.82, 2.24) is 9.80 Å². The number of hydrogen-bond donors (Lipinski definition) is 3. The molecule has 55 heavy (non-hydrogen) atoms. The number of hydrogen-bond acceptors (Lipinski definition) is 10. The molecule has 10 atom stereocenters. The van der Waals surface area contributed by atoms with E-state index in [1.165, 1.54) is 38.5 Å². The highest BCUT2D eigenvalue weighted by Gasteiger charge is 2.47. The van der Waals surface area contributed by atoms with E-state index in [0.29, 0.717) is 51.3 Å². The lowest BCUT2D eigenvalue weighted by molar-refractivity contribution is -0.221. The van der Waals surface area contributed by atoms with E-state index in [1.54, 1.807) is 17.9 Å². The number of ether oxygens (including phenoxy) is 4. The lowest BCUT2D eigenvalue weighted by Crippen LogP contribution is -2.54. The minimum absolute atomic E-state index is 0.0202. The average molecular weight is 777 g/mol. The summed E-state index contributed by atoms with van der Waals surface area (Å²) in [6, 6.07) is 0.591. The molecule has 0 aromatic heterocycles. The van der Waals surface area contributed by atoms with E-state index < -0.39 is 35.8 Å². The highest BCUT2D eigenvalue weighted by Crippen LogP contribution is 2.38. The SMILES string of the molecule is CCOC(C)OC(C)(CCC(O)CC=O)C(/C=C/C(C)C/C(C)=C/C=C/C(C)(O)CC1OC1C(C)C(O)CC)OC(=O)N1CCN(C2CCCCCC2)CC1. The molecule has 3 rings (SSSR count). The van der Waals surface area contributed by atoms with Crippen LogP contribution in [0.25, 0.3) is 0 Å². The largest absolute Gasteiger partial charge is 0.439 e. The smallest absolute Gasteiger partial charge is 0.410 e. The van der Waals surface area contributed by atoms with Crippen molar-refractivity contribution in [3.63, 3.8) is 0 Å². The molecule has 3 N–H and O–H groups in total. The Hall–Kier alpha value is -2.12. The Labute approximate surface area is 332 Å². The standard InChI is InChI=1S/C44H76N2O9/c1-9-38(49)34(5)41-39(53-41)31-43(7,51)23-15-16-32(3)30-33(4)19-20-40(44(8,55-35(6)52-10-2)24-21-37(48)22-29-47)54-42(50)46-27-25-45(26-28-46)36-17-13-11-12-14-18-36/h15-16,19-20,23,29,33-41,48-49,51H,9-14,17-18,21-22,24-28,30-31H2,1-8H3/b20-19+,23-15+,32-16+. The minimum Gasteiger partial charge on any atom is -0.439 e. The summed E-state index contributed by atoms with van der Waals surface area (Å²) in [5, 5.41) is 31.7. The predicted octanol–water partition coefficient (Wildman–Crippen LogP) is 7.12. The molecule has 3 fully saturated rings. The first-order valence-electron chi connectivity index (χ1n) is 21.3. The second-order valence-corrected chi connectivity index (χ2v) is 17.0. The first-order valence-corrected chi connectivity index (χ1v) is 21.3. The van der Waals surface area contributed by atoms with Crippen LogP contribution in [0, 0.1) is 11.8 Å². The molecular weight excluding hydrogens is 700 g/mol. The predicted molar refractivity (Wildman–Crippen MR) is 217 cm³/mol. The normalized spacial score (nSPS) is 26.1. The maximum Gasteiger partial charge on any atom is 0.410 e. The van der Waals surface area contributed by atoms with Crippen molar-refractivity contribution < 1.29 is 43.9 Å². The molecule has 0 spiro atoms. The van der Waals surface area contributed by atoms with Crippen molar-refractivity contribution in [2.75, 3.05) is 32.8 Å². The van der Waals surface area contributed by atoms with Gasteiger partial charge in [0.05, 0.1) is 30.0 Å². The Balaban J connectivity index is 1.71. The molecule has 1 amide bonds. The number of amides is 1. The van der Waals surface area contributed by atoms with Gasteiger partial charge in [0.15, 0.2) is 12.4 Å². The molecule has 1 saturated carbocycles. The van der Waals surface area contributed by atoms with Crippen molar-refractivity contribution in [2.24, 2.45) is 11.8 Å². The van der Waals surface area contributed by atoms with Crippen LogP contribution in [0.1, 0.15) is 132 Å². The van der Waals surface area contributed by atoms with Crippen LogP contribution in [0.2, 0.25) is 0 Å². The van der Waals surface area contributed by atoms with Crippen LogP contribution in [0.15, 0.2) is 36.0 Å². The zero-order valence-corrected chi connectivity index (χ0v) is 35.4. The lowest BCUT2D eigenvalue weighted by atomic mass is 9.89. The van der Waals surface area contributed by atoms with Crippen molar-refractivity contribution in [2.45, 2.75) is 186 Å². The van der Waals surface area contributed by atoms with Crippen molar-refractivity contribution in [3.05, 3.63) is 36.0 Å². The van der Waals surface area contributed by atoms with E-state index >= 15 is 0 Å². The van der Waals surface area contributed by atoms with E-state index in [0.717, 1.165) is 25.1 Å². The van der Waals surface area contributed by atoms with Crippen molar-refractivity contribution in [3.8, 4) is 0 Å². The van der Waals surface area contributed by atoms with Gasteiger partial charge in [-0.25, -0.2) is 4.79 Å². The molecule has 11 nitrogen and oxygen atoms in total. The first kappa shape index (κ1) is 47.3. The number of allylic oxidation sites excluding steroid dienone is 4. The molecule has 0 aromatic carbocycles. The number of aliphatic hydroxyl groups excluding tert-OH is 2. The first-order chi connectivity index (χ1) is 26.1. The number of carbonyl (C=O) groups excluding carboxylic acids is 2. The molecule has 0 radical (unpaired) electrons. The highest BCUT2D eigenvalue weighted by molar-refractivity contribution is 5.68. The van der Waals surface area contributed by atoms with Gasteiger partial charge in [-0.3, -0.25) is 4.90 Å². The molecule has 10 unspecified atom stereocenters. The molecule has 2 heterocycles. The van der Waals surface area contributed by atoms with E-state index in [2.05, 4.69) is 18.7 Å². The molecule has 1 aliphatic carbocycles. The molecule has 2 saturated heterocycles. The van der Waals surface area contributed by atoms with Crippen molar-refractivity contribution in [1.29, 1.82) is 0 Å². The summed E-state index contributed by atoms with van der Waals surface area (Å²) in [6.45, 7) is 18.8. The number of rotatable bonds is 23. The topological polar surface area (TPSA) is 142 Å². The molecule has 316 valence electrons. The quantitative estimate of drug-likeness (QED) is 0.0245. The summed E-state index contributed by atoms with van der Waals surface area (Å²) in [5.74, 6) is 0.114. The Morgan fingerprint density at radius 3 is 2.29 bits per heavy atom. The van der Waals surface area contributed by atoms with Gasteiger partial charge >= 0.3 is 6.09 Å². The van der Waals surface area contributed by atoms with Crippen LogP contribution < -0.4 is 0 Å². The van der Waals surface area contributed by atoms with Gasteiger partial charge < -0.3 is 44.0 Å². The Morgan fingerprint density at radius 2 is 1.67 bits per heavy atom. The molecule has 0 bridgehead atoms. The van der Waals surface area contributed by atoms with Gasteiger partial charge in [-0.05, 0) is 85.1 Å². The van der Waals surface area contributed by atoms with Gasteiger partial charge in [0, 0.05) is 57.6 Å². The molecule has 3 aliphatic rings. The maximum atomic E-state index is 13.8. The van der Waals surface area contributed by atoms with E-state index in [-0.39, 0.29) is 43.0 Å². The Kier molecular flexibility index (Phi) is 20.0. The lowest BCUT2D eigenvalue weighted by Gasteiger charge is -2.41. The minimum atomic E-state index is -1.05. The second-order valence-electron chi connectivity index (χ2n) is 17.0. The molecule has 2 aliphatic heterocycles. The summed E-state index contributed by atoms with van der Waals surface area (Å²) >= 11 is 0. The highest BCUT2D eigenvalue weighted by atomic mass is 16.7. The third-order valence-electron chi connectivity index (χ3n) is 11.8. The van der Waals surface area contributed by atoms with Crippen LogP contribution >= 0.6 is 0 Å². The number of carbonyl (C=O) groups is 2.